The van der Waals surface area contributed by atoms with Crippen LogP contribution in [0.25, 0.3) is 0 Å². The Morgan fingerprint density at radius 1 is 0.582 bits per heavy atom. The molecule has 14 heteroatoms. The fourth-order valence-corrected chi connectivity index (χ4v) is 6.69. The number of carbonyl (C=O) groups is 1. The number of rotatable bonds is 32. The number of aliphatic hydroxyl groups excluding tert-OH is 7. The molecular weight excluding hydrogens is 716 g/mol. The van der Waals surface area contributed by atoms with Crippen LogP contribution in [0.1, 0.15) is 142 Å². The highest BCUT2D eigenvalue weighted by Gasteiger charge is 2.47. The van der Waals surface area contributed by atoms with Gasteiger partial charge in [-0.15, -0.1) is 0 Å². The molecule has 2 rings (SSSR count). The SMILES string of the molecule is CCCCCCCC/C=C\CCCCCCCC(=O)OC(COCCCCCCCC)COC1OC(COC2OC(CO)C(O)C(O)C2O)C(O)C(O)C1O. The molecular formula is C41H76O14. The van der Waals surface area contributed by atoms with Gasteiger partial charge in [-0.3, -0.25) is 4.79 Å². The standard InChI is InChI=1S/C41H76O14/c1-3-5-7-9-11-12-13-14-15-16-17-18-19-20-22-24-33(43)53-30(27-50-25-23-21-10-8-6-4-2)28-51-40-39(49)37(47)35(45)32(55-40)29-52-41-38(48)36(46)34(44)31(26-42)54-41/h14-15,30-32,34-42,44-49H,3-13,16-29H2,1-2H3/b15-14-. The van der Waals surface area contributed by atoms with Crippen LogP contribution in [0, 0.1) is 0 Å². The summed E-state index contributed by atoms with van der Waals surface area (Å²) in [5, 5.41) is 71.6. The summed E-state index contributed by atoms with van der Waals surface area (Å²) in [5.74, 6) is -0.388. The summed E-state index contributed by atoms with van der Waals surface area (Å²) in [4.78, 5) is 12.8. The van der Waals surface area contributed by atoms with Crippen molar-refractivity contribution in [2.45, 2.75) is 210 Å². The number of aliphatic hydroxyl groups is 7. The lowest BCUT2D eigenvalue weighted by atomic mass is 9.98. The molecule has 2 fully saturated rings. The van der Waals surface area contributed by atoms with Crippen molar-refractivity contribution in [2.24, 2.45) is 0 Å². The van der Waals surface area contributed by atoms with Crippen LogP contribution in [0.5, 0.6) is 0 Å². The van der Waals surface area contributed by atoms with Crippen LogP contribution < -0.4 is 0 Å². The van der Waals surface area contributed by atoms with Gasteiger partial charge in [-0.05, 0) is 38.5 Å². The second-order valence-corrected chi connectivity index (χ2v) is 15.2. The first-order valence-electron chi connectivity index (χ1n) is 21.3. The zero-order valence-corrected chi connectivity index (χ0v) is 33.7. The number of allylic oxidation sites excluding steroid dienone is 2. The lowest BCUT2D eigenvalue weighted by Crippen LogP contribution is -2.61. The van der Waals surface area contributed by atoms with E-state index in [-0.39, 0.29) is 25.6 Å². The number of ether oxygens (including phenoxy) is 6. The van der Waals surface area contributed by atoms with E-state index in [9.17, 15) is 40.5 Å². The van der Waals surface area contributed by atoms with E-state index >= 15 is 0 Å². The number of carbonyl (C=O) groups excluding carboxylic acids is 1. The maximum atomic E-state index is 12.8. The lowest BCUT2D eigenvalue weighted by molar-refractivity contribution is -0.332. The quantitative estimate of drug-likeness (QED) is 0.0292. The van der Waals surface area contributed by atoms with Crippen molar-refractivity contribution in [3.63, 3.8) is 0 Å². The van der Waals surface area contributed by atoms with Crippen molar-refractivity contribution < 1.29 is 69.0 Å². The molecule has 0 amide bonds. The summed E-state index contributed by atoms with van der Waals surface area (Å²) in [6.45, 7) is 3.60. The third kappa shape index (κ3) is 20.3. The minimum Gasteiger partial charge on any atom is -0.457 e. The first kappa shape index (κ1) is 49.9. The van der Waals surface area contributed by atoms with Crippen LogP contribution in [0.3, 0.4) is 0 Å². The van der Waals surface area contributed by atoms with Gasteiger partial charge in [-0.25, -0.2) is 0 Å². The maximum Gasteiger partial charge on any atom is 0.306 e. The van der Waals surface area contributed by atoms with Gasteiger partial charge in [-0.1, -0.05) is 109 Å². The largest absolute Gasteiger partial charge is 0.457 e. The third-order valence-corrected chi connectivity index (χ3v) is 10.3. The van der Waals surface area contributed by atoms with Crippen molar-refractivity contribution in [1.29, 1.82) is 0 Å². The Kier molecular flexibility index (Phi) is 27.9. The zero-order chi connectivity index (χ0) is 40.3. The predicted molar refractivity (Wildman–Crippen MR) is 206 cm³/mol. The van der Waals surface area contributed by atoms with Crippen LogP contribution in [-0.4, -0.2) is 142 Å². The highest BCUT2D eigenvalue weighted by atomic mass is 16.7. The Balaban J connectivity index is 1.80. The molecule has 0 spiro atoms. The topological polar surface area (TPSA) is 214 Å². The van der Waals surface area contributed by atoms with Crippen LogP contribution >= 0.6 is 0 Å². The molecule has 14 nitrogen and oxygen atoms in total. The van der Waals surface area contributed by atoms with Crippen LogP contribution in [0.15, 0.2) is 12.2 Å². The zero-order valence-electron chi connectivity index (χ0n) is 33.7. The molecule has 0 aromatic rings. The van der Waals surface area contributed by atoms with E-state index in [0.29, 0.717) is 13.0 Å². The molecule has 2 aliphatic rings. The van der Waals surface area contributed by atoms with Gasteiger partial charge in [0.2, 0.25) is 0 Å². The van der Waals surface area contributed by atoms with Crippen LogP contribution in [0.4, 0.5) is 0 Å². The molecule has 0 radical (unpaired) electrons. The van der Waals surface area contributed by atoms with Gasteiger partial charge in [0.1, 0.15) is 54.9 Å². The number of esters is 1. The van der Waals surface area contributed by atoms with Crippen LogP contribution in [-0.2, 0) is 33.2 Å². The minimum absolute atomic E-state index is 0.0602. The van der Waals surface area contributed by atoms with Crippen molar-refractivity contribution in [2.75, 3.05) is 33.0 Å². The summed E-state index contributed by atoms with van der Waals surface area (Å²) < 4.78 is 33.9. The predicted octanol–water partition coefficient (Wildman–Crippen LogP) is 3.95. The highest BCUT2D eigenvalue weighted by Crippen LogP contribution is 2.26. The van der Waals surface area contributed by atoms with Gasteiger partial charge in [-0.2, -0.15) is 0 Å². The van der Waals surface area contributed by atoms with E-state index in [2.05, 4.69) is 26.0 Å². The number of unbranched alkanes of at least 4 members (excludes halogenated alkanes) is 16. The number of hydrogen-bond acceptors (Lipinski definition) is 14. The van der Waals surface area contributed by atoms with E-state index in [1.807, 2.05) is 0 Å². The lowest BCUT2D eigenvalue weighted by Gasteiger charge is -2.42. The fraction of sp³-hybridized carbons (Fsp3) is 0.927. The molecule has 11 atom stereocenters. The monoisotopic (exact) mass is 793 g/mol. The van der Waals surface area contributed by atoms with E-state index in [1.54, 1.807) is 0 Å². The first-order valence-corrected chi connectivity index (χ1v) is 21.3. The fourth-order valence-electron chi connectivity index (χ4n) is 6.69. The van der Waals surface area contributed by atoms with E-state index in [1.165, 1.54) is 57.8 Å². The highest BCUT2D eigenvalue weighted by molar-refractivity contribution is 5.69. The summed E-state index contributed by atoms with van der Waals surface area (Å²) >= 11 is 0. The van der Waals surface area contributed by atoms with Gasteiger partial charge < -0.3 is 64.2 Å². The van der Waals surface area contributed by atoms with Gasteiger partial charge in [0, 0.05) is 13.0 Å². The molecule has 2 heterocycles. The molecule has 324 valence electrons. The third-order valence-electron chi connectivity index (χ3n) is 10.3. The summed E-state index contributed by atoms with van der Waals surface area (Å²) in [7, 11) is 0. The van der Waals surface area contributed by atoms with Crippen molar-refractivity contribution in [3.8, 4) is 0 Å². The second-order valence-electron chi connectivity index (χ2n) is 15.2. The molecule has 2 saturated heterocycles. The second kappa shape index (κ2) is 30.8. The Labute approximate surface area is 329 Å². The minimum atomic E-state index is -1.70. The average Bonchev–Trinajstić information content (AvgIpc) is 3.18. The summed E-state index contributed by atoms with van der Waals surface area (Å²) in [5.41, 5.74) is 0. The van der Waals surface area contributed by atoms with E-state index < -0.39 is 80.7 Å². The Hall–Kier alpha value is -1.27. The van der Waals surface area contributed by atoms with Crippen molar-refractivity contribution in [1.82, 2.24) is 0 Å². The van der Waals surface area contributed by atoms with Gasteiger partial charge in [0.25, 0.3) is 0 Å². The van der Waals surface area contributed by atoms with Gasteiger partial charge in [0.15, 0.2) is 12.6 Å². The molecule has 2 aliphatic heterocycles. The Morgan fingerprint density at radius 3 is 1.65 bits per heavy atom. The molecule has 0 aromatic heterocycles. The summed E-state index contributed by atoms with van der Waals surface area (Å²) in [6, 6.07) is 0. The molecule has 11 unspecified atom stereocenters. The molecule has 0 aromatic carbocycles. The average molecular weight is 793 g/mol. The van der Waals surface area contributed by atoms with Crippen molar-refractivity contribution in [3.05, 3.63) is 12.2 Å². The van der Waals surface area contributed by atoms with Crippen LogP contribution in [0.2, 0.25) is 0 Å². The first-order chi connectivity index (χ1) is 26.6. The number of hydrogen-bond donors (Lipinski definition) is 7. The van der Waals surface area contributed by atoms with Crippen molar-refractivity contribution >= 4 is 5.97 Å². The van der Waals surface area contributed by atoms with E-state index in [4.69, 9.17) is 28.4 Å². The Morgan fingerprint density at radius 2 is 1.07 bits per heavy atom. The van der Waals surface area contributed by atoms with Gasteiger partial charge >= 0.3 is 5.97 Å². The van der Waals surface area contributed by atoms with E-state index in [0.717, 1.165) is 57.8 Å². The normalized spacial score (nSPS) is 29.2. The molecule has 55 heavy (non-hydrogen) atoms. The van der Waals surface area contributed by atoms with Gasteiger partial charge in [0.05, 0.1) is 26.4 Å². The summed E-state index contributed by atoms with van der Waals surface area (Å²) in [6.07, 6.45) is 10.3. The smallest absolute Gasteiger partial charge is 0.306 e. The Bertz CT molecular complexity index is 969. The molecule has 0 aliphatic carbocycles. The molecule has 0 bridgehead atoms. The molecule has 0 saturated carbocycles. The molecule has 7 N–H and O–H groups in total. The maximum absolute atomic E-state index is 12.8.